The first kappa shape index (κ1) is 24.3. The number of carbonyl (C=O) groups excluding carboxylic acids is 2. The monoisotopic (exact) mass is 474 g/mol. The van der Waals surface area contributed by atoms with Gasteiger partial charge in [0, 0.05) is 24.8 Å². The molecule has 3 N–H and O–H groups in total. The molecule has 1 fully saturated rings. The number of ether oxygens (including phenoxy) is 1. The van der Waals surface area contributed by atoms with Crippen LogP contribution in [0.3, 0.4) is 0 Å². The number of hydrogen-bond acceptors (Lipinski definition) is 4. The zero-order valence-corrected chi connectivity index (χ0v) is 19.5. The van der Waals surface area contributed by atoms with Gasteiger partial charge in [-0.25, -0.2) is 9.59 Å². The molecule has 2 aliphatic carbocycles. The molecule has 0 spiro atoms. The number of alkyl carbamates (subject to hydrolysis) is 1. The van der Waals surface area contributed by atoms with Crippen molar-refractivity contribution in [3.05, 3.63) is 59.7 Å². The molecule has 7 heteroatoms. The van der Waals surface area contributed by atoms with Crippen LogP contribution in [0.5, 0.6) is 0 Å². The van der Waals surface area contributed by atoms with E-state index >= 15 is 0 Å². The summed E-state index contributed by atoms with van der Waals surface area (Å²) in [5.74, 6) is 0.622. The Morgan fingerprint density at radius 3 is 2.29 bits per heavy atom. The van der Waals surface area contributed by atoms with Crippen LogP contribution in [0.2, 0.25) is 0 Å². The van der Waals surface area contributed by atoms with Crippen LogP contribution >= 0.6 is 0 Å². The third-order valence-electron chi connectivity index (χ3n) is 6.96. The molecular formula is C28H30N2O5. The van der Waals surface area contributed by atoms with Crippen LogP contribution < -0.4 is 10.6 Å². The summed E-state index contributed by atoms with van der Waals surface area (Å²) in [7, 11) is 0. The normalized spacial score (nSPS) is 19.5. The van der Waals surface area contributed by atoms with Crippen molar-refractivity contribution < 1.29 is 24.2 Å². The summed E-state index contributed by atoms with van der Waals surface area (Å²) < 4.78 is 5.67. The van der Waals surface area contributed by atoms with Crippen LogP contribution in [0.15, 0.2) is 48.5 Å². The lowest BCUT2D eigenvalue weighted by molar-refractivity contribution is -0.141. The number of terminal acetylenes is 1. The van der Waals surface area contributed by atoms with Gasteiger partial charge in [0.15, 0.2) is 0 Å². The lowest BCUT2D eigenvalue weighted by Crippen LogP contribution is -2.46. The Morgan fingerprint density at radius 2 is 1.66 bits per heavy atom. The standard InChI is InChI=1S/C28H30N2O5/c1-2-9-25(27(32)33)29-26(31)16-18-10-3-8-15-24(18)30-28(34)35-17-23-21-13-6-4-11-19(21)20-12-5-7-14-22(20)23/h1,4-7,11-14,18,23-25H,3,8-10,15-17H2,(H,29,31)(H,30,34)(H,32,33)/t18-,24-,25?/m1/s1. The predicted molar refractivity (Wildman–Crippen MR) is 132 cm³/mol. The average Bonchev–Trinajstić information content (AvgIpc) is 3.17. The van der Waals surface area contributed by atoms with Gasteiger partial charge in [0.2, 0.25) is 5.91 Å². The molecule has 2 amide bonds. The lowest BCUT2D eigenvalue weighted by Gasteiger charge is -2.32. The summed E-state index contributed by atoms with van der Waals surface area (Å²) in [5.41, 5.74) is 4.63. The van der Waals surface area contributed by atoms with Gasteiger partial charge in [0.1, 0.15) is 12.6 Å². The topological polar surface area (TPSA) is 105 Å². The highest BCUT2D eigenvalue weighted by atomic mass is 16.5. The number of fused-ring (bicyclic) bond motifs is 3. The molecule has 2 aliphatic rings. The van der Waals surface area contributed by atoms with E-state index in [9.17, 15) is 19.5 Å². The first-order chi connectivity index (χ1) is 17.0. The molecule has 0 aromatic heterocycles. The third kappa shape index (κ3) is 5.65. The molecule has 0 heterocycles. The SMILES string of the molecule is C#CCC(NC(=O)C[C@H]1CCCC[C@H]1NC(=O)OCC1c2ccccc2-c2ccccc21)C(=O)O. The number of benzene rings is 2. The average molecular weight is 475 g/mol. The van der Waals surface area contributed by atoms with Crippen LogP contribution in [-0.2, 0) is 14.3 Å². The first-order valence-corrected chi connectivity index (χ1v) is 12.0. The maximum absolute atomic E-state index is 12.7. The Bertz CT molecular complexity index is 1090. The van der Waals surface area contributed by atoms with Gasteiger partial charge in [0.05, 0.1) is 0 Å². The van der Waals surface area contributed by atoms with E-state index in [1.54, 1.807) is 0 Å². The molecule has 3 atom stereocenters. The van der Waals surface area contributed by atoms with E-state index in [0.717, 1.165) is 36.8 Å². The maximum Gasteiger partial charge on any atom is 0.407 e. The molecule has 0 saturated heterocycles. The predicted octanol–water partition coefficient (Wildman–Crippen LogP) is 4.07. The van der Waals surface area contributed by atoms with Crippen LogP contribution in [0.4, 0.5) is 4.79 Å². The number of carbonyl (C=O) groups is 3. The van der Waals surface area contributed by atoms with Crippen molar-refractivity contribution >= 4 is 18.0 Å². The number of carboxylic acids is 1. The summed E-state index contributed by atoms with van der Waals surface area (Å²) in [6.07, 6.45) is 8.17. The minimum absolute atomic E-state index is 0.0230. The van der Waals surface area contributed by atoms with Gasteiger partial charge in [-0.2, -0.15) is 0 Å². The van der Waals surface area contributed by atoms with Crippen molar-refractivity contribution in [3.8, 4) is 23.5 Å². The van der Waals surface area contributed by atoms with Crippen molar-refractivity contribution in [1.82, 2.24) is 10.6 Å². The van der Waals surface area contributed by atoms with Crippen molar-refractivity contribution in [2.24, 2.45) is 5.92 Å². The molecule has 2 aromatic carbocycles. The van der Waals surface area contributed by atoms with E-state index in [2.05, 4.69) is 40.8 Å². The molecule has 0 aliphatic heterocycles. The Hall–Kier alpha value is -3.79. The van der Waals surface area contributed by atoms with Gasteiger partial charge >= 0.3 is 12.1 Å². The molecule has 182 valence electrons. The molecule has 0 radical (unpaired) electrons. The molecular weight excluding hydrogens is 444 g/mol. The number of carboxylic acid groups (broad SMARTS) is 1. The van der Waals surface area contributed by atoms with Gasteiger partial charge in [-0.3, -0.25) is 4.79 Å². The maximum atomic E-state index is 12.7. The third-order valence-corrected chi connectivity index (χ3v) is 6.96. The highest BCUT2D eigenvalue weighted by Gasteiger charge is 2.32. The van der Waals surface area contributed by atoms with Crippen molar-refractivity contribution in [1.29, 1.82) is 0 Å². The van der Waals surface area contributed by atoms with Crippen LogP contribution in [0.1, 0.15) is 55.6 Å². The Labute approximate surface area is 205 Å². The summed E-state index contributed by atoms with van der Waals surface area (Å²) in [6, 6.07) is 15.0. The second kappa shape index (κ2) is 11.1. The van der Waals surface area contributed by atoms with Gasteiger partial charge in [-0.15, -0.1) is 12.3 Å². The molecule has 4 rings (SSSR count). The van der Waals surface area contributed by atoms with Crippen molar-refractivity contribution in [2.45, 2.75) is 56.5 Å². The minimum Gasteiger partial charge on any atom is -0.480 e. The first-order valence-electron chi connectivity index (χ1n) is 12.0. The number of amides is 2. The quantitative estimate of drug-likeness (QED) is 0.501. The second-order valence-corrected chi connectivity index (χ2v) is 9.19. The van der Waals surface area contributed by atoms with E-state index in [1.165, 1.54) is 11.1 Å². The zero-order valence-electron chi connectivity index (χ0n) is 19.5. The van der Waals surface area contributed by atoms with Crippen molar-refractivity contribution in [2.75, 3.05) is 6.61 Å². The van der Waals surface area contributed by atoms with E-state index < -0.39 is 18.1 Å². The zero-order chi connectivity index (χ0) is 24.8. The Balaban J connectivity index is 1.34. The number of aliphatic carboxylic acids is 1. The van der Waals surface area contributed by atoms with Gasteiger partial charge in [-0.1, -0.05) is 61.4 Å². The van der Waals surface area contributed by atoms with E-state index in [1.807, 2.05) is 24.3 Å². The van der Waals surface area contributed by atoms with Crippen LogP contribution in [-0.4, -0.2) is 41.8 Å². The summed E-state index contributed by atoms with van der Waals surface area (Å²) in [4.78, 5) is 36.5. The Morgan fingerprint density at radius 1 is 1.03 bits per heavy atom. The summed E-state index contributed by atoms with van der Waals surface area (Å²) >= 11 is 0. The Kier molecular flexibility index (Phi) is 7.71. The van der Waals surface area contributed by atoms with Crippen LogP contribution in [0, 0.1) is 18.3 Å². The minimum atomic E-state index is -1.16. The smallest absolute Gasteiger partial charge is 0.407 e. The van der Waals surface area contributed by atoms with E-state index in [0.29, 0.717) is 0 Å². The lowest BCUT2D eigenvalue weighted by atomic mass is 9.82. The highest BCUT2D eigenvalue weighted by molar-refractivity contribution is 5.84. The summed E-state index contributed by atoms with van der Waals surface area (Å²) in [6.45, 7) is 0.226. The molecule has 35 heavy (non-hydrogen) atoms. The van der Waals surface area contributed by atoms with Gasteiger partial charge < -0.3 is 20.5 Å². The molecule has 0 bridgehead atoms. The fourth-order valence-corrected chi connectivity index (χ4v) is 5.24. The van der Waals surface area contributed by atoms with Crippen molar-refractivity contribution in [3.63, 3.8) is 0 Å². The largest absolute Gasteiger partial charge is 0.480 e. The van der Waals surface area contributed by atoms with E-state index in [-0.39, 0.29) is 43.2 Å². The molecule has 1 saturated carbocycles. The van der Waals surface area contributed by atoms with Gasteiger partial charge in [-0.05, 0) is 41.0 Å². The number of hydrogen-bond donors (Lipinski definition) is 3. The number of rotatable bonds is 8. The van der Waals surface area contributed by atoms with E-state index in [4.69, 9.17) is 11.2 Å². The molecule has 7 nitrogen and oxygen atoms in total. The highest BCUT2D eigenvalue weighted by Crippen LogP contribution is 2.44. The second-order valence-electron chi connectivity index (χ2n) is 9.19. The summed E-state index contributed by atoms with van der Waals surface area (Å²) in [5, 5.41) is 14.7. The van der Waals surface area contributed by atoms with Gasteiger partial charge in [0.25, 0.3) is 0 Å². The fraction of sp³-hybridized carbons (Fsp3) is 0.393. The van der Waals surface area contributed by atoms with Crippen LogP contribution in [0.25, 0.3) is 11.1 Å². The number of nitrogens with one attached hydrogen (secondary N) is 2. The molecule has 1 unspecified atom stereocenters. The fourth-order valence-electron chi connectivity index (χ4n) is 5.24. The molecule has 2 aromatic rings.